The van der Waals surface area contributed by atoms with E-state index in [0.717, 1.165) is 6.92 Å². The van der Waals surface area contributed by atoms with Crippen LogP contribution < -0.4 is 0 Å². The van der Waals surface area contributed by atoms with Gasteiger partial charge >= 0.3 is 0 Å². The molecule has 0 spiro atoms. The number of hydrogen-bond acceptors (Lipinski definition) is 2. The van der Waals surface area contributed by atoms with Gasteiger partial charge in [-0.05, 0) is 0 Å². The quantitative estimate of drug-likeness (QED) is 0.545. The maximum Gasteiger partial charge on any atom is 0.300 e. The molecule has 1 rings (SSSR count). The molecule has 2 N–H and O–H groups in total. The number of carbonyl (C=O) groups is 1. The number of aromatic hydroxyl groups is 1. The minimum absolute atomic E-state index is 0. The van der Waals surface area contributed by atoms with Crippen molar-refractivity contribution in [1.82, 2.24) is 0 Å². The van der Waals surface area contributed by atoms with Crippen LogP contribution in [0.15, 0.2) is 24.3 Å². The third kappa shape index (κ3) is 11.9. The van der Waals surface area contributed by atoms with Crippen LogP contribution in [0.25, 0.3) is 0 Å². The van der Waals surface area contributed by atoms with E-state index in [9.17, 15) is 0 Å². The summed E-state index contributed by atoms with van der Waals surface area (Å²) in [6.45, 7) is 1.08. The van der Waals surface area contributed by atoms with E-state index in [4.69, 9.17) is 15.0 Å². The van der Waals surface area contributed by atoms with Crippen LogP contribution in [0.5, 0.6) is 5.75 Å². The predicted molar refractivity (Wildman–Crippen MR) is 40.3 cm³/mol. The fourth-order valence-corrected chi connectivity index (χ4v) is 0.384. The summed E-state index contributed by atoms with van der Waals surface area (Å²) in [5, 5.41) is 16.0. The summed E-state index contributed by atoms with van der Waals surface area (Å²) >= 11 is 0. The van der Waals surface area contributed by atoms with Gasteiger partial charge < -0.3 is 10.2 Å². The SMILES string of the molecule is CC(=O)O.Oc1[c-]cccc1.[Pd]. The molecule has 1 aromatic carbocycles. The molecule has 0 aromatic heterocycles. The number of phenolic OH excluding ortho intramolecular Hbond substituents is 1. The summed E-state index contributed by atoms with van der Waals surface area (Å²) in [5.74, 6) is -0.637. The standard InChI is InChI=1S/C6H5O.C2H4O2.Pd/c7-6-4-2-1-3-5-6;1-2(3)4;/h1-4,7H;1H3,(H,3,4);/q-1;;. The molecule has 0 atom stereocenters. The molecule has 4 heteroatoms. The van der Waals surface area contributed by atoms with E-state index in [2.05, 4.69) is 6.07 Å². The van der Waals surface area contributed by atoms with Gasteiger partial charge in [-0.25, -0.2) is 0 Å². The van der Waals surface area contributed by atoms with Crippen LogP contribution in [-0.2, 0) is 25.2 Å². The van der Waals surface area contributed by atoms with Crippen LogP contribution in [0.4, 0.5) is 0 Å². The van der Waals surface area contributed by atoms with Crippen molar-refractivity contribution in [3.63, 3.8) is 0 Å². The van der Waals surface area contributed by atoms with Gasteiger partial charge in [0.2, 0.25) is 0 Å². The second-order valence-electron chi connectivity index (χ2n) is 1.77. The molecule has 0 aliphatic carbocycles. The summed E-state index contributed by atoms with van der Waals surface area (Å²) in [4.78, 5) is 9.00. The van der Waals surface area contributed by atoms with Crippen LogP contribution in [0.2, 0.25) is 0 Å². The molecule has 1 aromatic rings. The molecule has 0 aliphatic rings. The zero-order valence-electron chi connectivity index (χ0n) is 6.43. The van der Waals surface area contributed by atoms with E-state index < -0.39 is 5.97 Å². The second kappa shape index (κ2) is 8.25. The number of para-hydroxylation sites is 1. The van der Waals surface area contributed by atoms with Gasteiger partial charge in [0.25, 0.3) is 5.97 Å². The van der Waals surface area contributed by atoms with Crippen molar-refractivity contribution in [2.24, 2.45) is 0 Å². The van der Waals surface area contributed by atoms with Crippen molar-refractivity contribution in [2.45, 2.75) is 6.92 Å². The van der Waals surface area contributed by atoms with Crippen LogP contribution in [-0.4, -0.2) is 16.2 Å². The fraction of sp³-hybridized carbons (Fsp3) is 0.125. The molecule has 3 nitrogen and oxygen atoms in total. The Hall–Kier alpha value is -0.848. The molecule has 0 unspecified atom stereocenters. The molecular formula is C8H9O3Pd-. The smallest absolute Gasteiger partial charge is 0.300 e. The zero-order chi connectivity index (χ0) is 8.69. The third-order valence-corrected chi connectivity index (χ3v) is 0.693. The Labute approximate surface area is 84.7 Å². The summed E-state index contributed by atoms with van der Waals surface area (Å²) in [7, 11) is 0. The summed E-state index contributed by atoms with van der Waals surface area (Å²) in [6.07, 6.45) is 0. The van der Waals surface area contributed by atoms with E-state index in [1.807, 2.05) is 0 Å². The number of carboxylic acid groups (broad SMARTS) is 1. The largest absolute Gasteiger partial charge is 0.534 e. The molecule has 0 bridgehead atoms. The van der Waals surface area contributed by atoms with Crippen molar-refractivity contribution in [2.75, 3.05) is 0 Å². The van der Waals surface area contributed by atoms with Gasteiger partial charge in [0, 0.05) is 33.1 Å². The van der Waals surface area contributed by atoms with Gasteiger partial charge in [-0.1, -0.05) is 0 Å². The molecule has 0 amide bonds. The molecule has 0 fully saturated rings. The van der Waals surface area contributed by atoms with Gasteiger partial charge in [-0.15, -0.1) is 12.1 Å². The Balaban J connectivity index is 0. The molecule has 0 saturated carbocycles. The first-order valence-corrected chi connectivity index (χ1v) is 2.98. The van der Waals surface area contributed by atoms with Gasteiger partial charge in [0.05, 0.1) is 0 Å². The molecule has 0 radical (unpaired) electrons. The number of rotatable bonds is 0. The molecule has 12 heavy (non-hydrogen) atoms. The van der Waals surface area contributed by atoms with Crippen molar-refractivity contribution < 1.29 is 35.4 Å². The Morgan fingerprint density at radius 1 is 1.50 bits per heavy atom. The zero-order valence-corrected chi connectivity index (χ0v) is 7.98. The molecule has 70 valence electrons. The average molecular weight is 260 g/mol. The molecule has 0 saturated heterocycles. The summed E-state index contributed by atoms with van der Waals surface area (Å²) < 4.78 is 0. The molecule has 0 heterocycles. The van der Waals surface area contributed by atoms with E-state index >= 15 is 0 Å². The summed E-state index contributed by atoms with van der Waals surface area (Å²) in [5.41, 5.74) is 0. The number of hydrogen-bond donors (Lipinski definition) is 2. The van der Waals surface area contributed by atoms with Gasteiger partial charge in [-0.3, -0.25) is 4.79 Å². The number of carboxylic acids is 1. The normalized spacial score (nSPS) is 7.08. The Kier molecular flexibility index (Phi) is 9.44. The van der Waals surface area contributed by atoms with E-state index in [1.165, 1.54) is 0 Å². The van der Waals surface area contributed by atoms with Crippen molar-refractivity contribution in [1.29, 1.82) is 0 Å². The third-order valence-electron chi connectivity index (χ3n) is 0.693. The Morgan fingerprint density at radius 3 is 2.17 bits per heavy atom. The second-order valence-corrected chi connectivity index (χ2v) is 1.77. The van der Waals surface area contributed by atoms with E-state index in [-0.39, 0.29) is 26.2 Å². The first-order valence-electron chi connectivity index (χ1n) is 2.98. The van der Waals surface area contributed by atoms with Crippen molar-refractivity contribution in [3.05, 3.63) is 30.3 Å². The van der Waals surface area contributed by atoms with Gasteiger partial charge in [0.1, 0.15) is 0 Å². The van der Waals surface area contributed by atoms with Crippen LogP contribution in [0.1, 0.15) is 6.92 Å². The topological polar surface area (TPSA) is 57.5 Å². The van der Waals surface area contributed by atoms with Crippen molar-refractivity contribution >= 4 is 5.97 Å². The number of benzene rings is 1. The minimum atomic E-state index is -0.833. The Bertz CT molecular complexity index is 207. The number of aliphatic carboxylic acids is 1. The maximum absolute atomic E-state index is 9.00. The molecule has 0 aliphatic heterocycles. The fourth-order valence-electron chi connectivity index (χ4n) is 0.384. The predicted octanol–water partition coefficient (Wildman–Crippen LogP) is 1.28. The average Bonchev–Trinajstić information content (AvgIpc) is 1.87. The van der Waals surface area contributed by atoms with Gasteiger partial charge in [-0.2, -0.15) is 18.2 Å². The van der Waals surface area contributed by atoms with Crippen LogP contribution in [0, 0.1) is 6.07 Å². The summed E-state index contributed by atoms with van der Waals surface area (Å²) in [6, 6.07) is 9.39. The molecular weight excluding hydrogens is 251 g/mol. The van der Waals surface area contributed by atoms with Crippen LogP contribution in [0.3, 0.4) is 0 Å². The first-order chi connectivity index (χ1) is 5.13. The first kappa shape index (κ1) is 13.7. The van der Waals surface area contributed by atoms with E-state index in [1.54, 1.807) is 24.3 Å². The van der Waals surface area contributed by atoms with Gasteiger partial charge in [0.15, 0.2) is 0 Å². The minimum Gasteiger partial charge on any atom is -0.534 e. The van der Waals surface area contributed by atoms with E-state index in [0.29, 0.717) is 0 Å². The monoisotopic (exact) mass is 259 g/mol. The maximum atomic E-state index is 9.00. The Morgan fingerprint density at radius 2 is 2.00 bits per heavy atom. The van der Waals surface area contributed by atoms with Crippen LogP contribution >= 0.6 is 0 Å². The number of phenols is 1. The van der Waals surface area contributed by atoms with Crippen molar-refractivity contribution in [3.8, 4) is 5.75 Å².